The van der Waals surface area contributed by atoms with Crippen LogP contribution in [0.5, 0.6) is 0 Å². The molecule has 0 saturated heterocycles. The number of nitrogens with one attached hydrogen (secondary N) is 3. The number of rotatable bonds is 9. The highest BCUT2D eigenvalue weighted by molar-refractivity contribution is 5.94. The summed E-state index contributed by atoms with van der Waals surface area (Å²) in [5.74, 6) is 0. The zero-order chi connectivity index (χ0) is 26.5. The lowest BCUT2D eigenvalue weighted by molar-refractivity contribution is 0.913. The summed E-state index contributed by atoms with van der Waals surface area (Å²) in [4.78, 5) is 17.2. The van der Waals surface area contributed by atoms with Crippen molar-refractivity contribution in [3.05, 3.63) is 109 Å². The Bertz CT molecular complexity index is 1640. The van der Waals surface area contributed by atoms with Crippen molar-refractivity contribution >= 4 is 22.3 Å². The Labute approximate surface area is 222 Å². The number of hydrogen-bond acceptors (Lipinski definition) is 5. The summed E-state index contributed by atoms with van der Waals surface area (Å²) >= 11 is 0. The highest BCUT2D eigenvalue weighted by Crippen LogP contribution is 2.33. The average molecular weight is 502 g/mol. The Morgan fingerprint density at radius 2 is 1.95 bits per heavy atom. The maximum Gasteiger partial charge on any atom is 0.181 e. The van der Waals surface area contributed by atoms with Crippen molar-refractivity contribution in [2.45, 2.75) is 33.6 Å². The van der Waals surface area contributed by atoms with Crippen molar-refractivity contribution in [3.63, 3.8) is 0 Å². The summed E-state index contributed by atoms with van der Waals surface area (Å²) < 4.78 is 0. The van der Waals surface area contributed by atoms with Crippen molar-refractivity contribution in [1.82, 2.24) is 30.1 Å². The Balaban J connectivity index is 1.53. The number of H-pyrrole nitrogens is 2. The Morgan fingerprint density at radius 3 is 2.74 bits per heavy atom. The fourth-order valence-electron chi connectivity index (χ4n) is 4.50. The van der Waals surface area contributed by atoms with Gasteiger partial charge in [0.15, 0.2) is 5.65 Å². The monoisotopic (exact) mass is 501 g/mol. The molecule has 0 atom stereocenters. The minimum Gasteiger partial charge on any atom is -0.358 e. The lowest BCUT2D eigenvalue weighted by Gasteiger charge is -2.09. The molecular weight excluding hydrogens is 470 g/mol. The topological polar surface area (TPSA) is 95.2 Å². The fourth-order valence-corrected chi connectivity index (χ4v) is 4.50. The lowest BCUT2D eigenvalue weighted by atomic mass is 10.0. The third-order valence-electron chi connectivity index (χ3n) is 6.32. The maximum atomic E-state index is 4.62. The molecule has 0 fully saturated rings. The van der Waals surface area contributed by atoms with Crippen molar-refractivity contribution in [2.75, 3.05) is 5.32 Å². The molecule has 0 unspecified atom stereocenters. The predicted molar refractivity (Wildman–Crippen MR) is 155 cm³/mol. The van der Waals surface area contributed by atoms with E-state index in [9.17, 15) is 0 Å². The van der Waals surface area contributed by atoms with Crippen LogP contribution < -0.4 is 5.32 Å². The molecule has 7 nitrogen and oxygen atoms in total. The molecule has 3 N–H and O–H groups in total. The van der Waals surface area contributed by atoms with Crippen molar-refractivity contribution in [3.8, 4) is 22.5 Å². The van der Waals surface area contributed by atoms with Crippen LogP contribution in [0.15, 0.2) is 91.7 Å². The van der Waals surface area contributed by atoms with E-state index in [0.717, 1.165) is 74.7 Å². The van der Waals surface area contributed by atoms with E-state index in [1.165, 1.54) is 0 Å². The van der Waals surface area contributed by atoms with Gasteiger partial charge in [-0.2, -0.15) is 5.10 Å². The van der Waals surface area contributed by atoms with Crippen LogP contribution in [0.25, 0.3) is 39.1 Å². The van der Waals surface area contributed by atoms with E-state index < -0.39 is 0 Å². The van der Waals surface area contributed by atoms with Gasteiger partial charge in [0.2, 0.25) is 0 Å². The molecule has 0 radical (unpaired) electrons. The molecule has 0 saturated carbocycles. The molecule has 5 heterocycles. The van der Waals surface area contributed by atoms with Crippen molar-refractivity contribution < 1.29 is 0 Å². The van der Waals surface area contributed by atoms with Crippen LogP contribution >= 0.6 is 0 Å². The first-order chi connectivity index (χ1) is 18.6. The number of nitrogens with zero attached hydrogens (tertiary/aromatic N) is 4. The van der Waals surface area contributed by atoms with Gasteiger partial charge >= 0.3 is 0 Å². The molecule has 0 aliphatic heterocycles. The number of allylic oxidation sites excluding steroid dienone is 4. The van der Waals surface area contributed by atoms with Crippen LogP contribution in [0.3, 0.4) is 0 Å². The number of hydrogen-bond donors (Lipinski definition) is 3. The Morgan fingerprint density at radius 1 is 1.08 bits per heavy atom. The van der Waals surface area contributed by atoms with Gasteiger partial charge in [0.25, 0.3) is 0 Å². The zero-order valence-electron chi connectivity index (χ0n) is 21.9. The molecule has 5 rings (SSSR count). The molecule has 0 amide bonds. The molecule has 7 heteroatoms. The largest absolute Gasteiger partial charge is 0.358 e. The second-order valence-electron chi connectivity index (χ2n) is 9.18. The first-order valence-corrected chi connectivity index (χ1v) is 12.8. The van der Waals surface area contributed by atoms with Gasteiger partial charge < -0.3 is 10.3 Å². The third-order valence-corrected chi connectivity index (χ3v) is 6.32. The molecule has 0 aromatic carbocycles. The maximum absolute atomic E-state index is 4.62. The van der Waals surface area contributed by atoms with Gasteiger partial charge in [-0.25, -0.2) is 4.98 Å². The van der Waals surface area contributed by atoms with Gasteiger partial charge in [0.1, 0.15) is 0 Å². The van der Waals surface area contributed by atoms with Gasteiger partial charge in [-0.1, -0.05) is 44.2 Å². The average Bonchev–Trinajstić information content (AvgIpc) is 3.53. The summed E-state index contributed by atoms with van der Waals surface area (Å²) in [5, 5.41) is 11.9. The van der Waals surface area contributed by atoms with E-state index in [2.05, 4.69) is 80.2 Å². The van der Waals surface area contributed by atoms with Crippen LogP contribution in [0.4, 0.5) is 5.69 Å². The summed E-state index contributed by atoms with van der Waals surface area (Å²) in [7, 11) is 0. The lowest BCUT2D eigenvalue weighted by Crippen LogP contribution is -1.98. The number of pyridine rings is 3. The van der Waals surface area contributed by atoms with E-state index in [-0.39, 0.29) is 0 Å². The first-order valence-electron chi connectivity index (χ1n) is 12.8. The smallest absolute Gasteiger partial charge is 0.181 e. The molecule has 0 aliphatic rings. The van der Waals surface area contributed by atoms with E-state index >= 15 is 0 Å². The minimum absolute atomic E-state index is 0.658. The first kappa shape index (κ1) is 24.9. The van der Waals surface area contributed by atoms with E-state index in [0.29, 0.717) is 5.65 Å². The van der Waals surface area contributed by atoms with Gasteiger partial charge in [0, 0.05) is 57.6 Å². The van der Waals surface area contributed by atoms with Crippen LogP contribution in [0, 0.1) is 6.92 Å². The van der Waals surface area contributed by atoms with E-state index in [1.54, 1.807) is 0 Å². The molecule has 38 heavy (non-hydrogen) atoms. The van der Waals surface area contributed by atoms with Crippen LogP contribution in [-0.4, -0.2) is 30.1 Å². The number of aromatic nitrogens is 6. The highest BCUT2D eigenvalue weighted by Gasteiger charge is 2.17. The Hall–Kier alpha value is -4.78. The van der Waals surface area contributed by atoms with Crippen molar-refractivity contribution in [2.24, 2.45) is 0 Å². The molecule has 0 aliphatic carbocycles. The van der Waals surface area contributed by atoms with Crippen LogP contribution in [0.1, 0.15) is 43.6 Å². The summed E-state index contributed by atoms with van der Waals surface area (Å²) in [6, 6.07) is 12.3. The molecule has 5 aromatic heterocycles. The van der Waals surface area contributed by atoms with Crippen molar-refractivity contribution in [1.29, 1.82) is 0 Å². The van der Waals surface area contributed by atoms with Gasteiger partial charge in [-0.3, -0.25) is 15.1 Å². The predicted octanol–water partition coefficient (Wildman–Crippen LogP) is 7.45. The number of fused-ring (bicyclic) bond motifs is 1. The second-order valence-corrected chi connectivity index (χ2v) is 9.18. The van der Waals surface area contributed by atoms with E-state index in [4.69, 9.17) is 0 Å². The molecule has 0 spiro atoms. The van der Waals surface area contributed by atoms with E-state index in [1.807, 2.05) is 62.1 Å². The second kappa shape index (κ2) is 11.1. The standard InChI is InChI=1S/C31H31N7/c1-5-7-11-25(28-12-8-9-13-33-28)26-16-29(36-21(26)4)30-27-15-23(18-34-31(27)38-37-30)22-14-24(19-32-17-22)35-20(3)10-6-2/h5,7-9,11-19,35-36H,3,6,10H2,1-2,4H3,(H,34,37,38)/b7-5-,25-11+. The summed E-state index contributed by atoms with van der Waals surface area (Å²) in [6.07, 6.45) is 15.4. The SMILES string of the molecule is C=C(CCC)Nc1cncc(-c2cnc3n[nH]c(-c4cc(/C(=C\C=C/C)c5ccccn5)c(C)[nH]4)c3c2)c1. The Kier molecular flexibility index (Phi) is 7.26. The quantitative estimate of drug-likeness (QED) is 0.182. The highest BCUT2D eigenvalue weighted by atomic mass is 15.2. The van der Waals surface area contributed by atoms with Crippen LogP contribution in [0.2, 0.25) is 0 Å². The van der Waals surface area contributed by atoms with Gasteiger partial charge in [0.05, 0.1) is 29.0 Å². The minimum atomic E-state index is 0.658. The summed E-state index contributed by atoms with van der Waals surface area (Å²) in [5.41, 5.74) is 10.4. The molecule has 190 valence electrons. The number of aryl methyl sites for hydroxylation is 1. The normalized spacial score (nSPS) is 11.9. The molecule has 0 bridgehead atoms. The number of aromatic amines is 2. The molecular formula is C31H31N7. The van der Waals surface area contributed by atoms with Gasteiger partial charge in [-0.05, 0) is 50.6 Å². The summed E-state index contributed by atoms with van der Waals surface area (Å²) in [6.45, 7) is 10.3. The fraction of sp³-hybridized carbons (Fsp3) is 0.161. The molecule has 5 aromatic rings. The van der Waals surface area contributed by atoms with Gasteiger partial charge in [-0.15, -0.1) is 0 Å². The van der Waals surface area contributed by atoms with Crippen LogP contribution in [-0.2, 0) is 0 Å². The zero-order valence-corrected chi connectivity index (χ0v) is 21.9. The third kappa shape index (κ3) is 5.18. The number of anilines is 1.